The lowest BCUT2D eigenvalue weighted by atomic mass is 9.88. The van der Waals surface area contributed by atoms with Crippen LogP contribution in [0.4, 0.5) is 5.69 Å². The zero-order chi connectivity index (χ0) is 12.3. The van der Waals surface area contributed by atoms with Gasteiger partial charge in [0.05, 0.1) is 10.7 Å². The van der Waals surface area contributed by atoms with Gasteiger partial charge >= 0.3 is 0 Å². The Balaban J connectivity index is 2.18. The monoisotopic (exact) mass is 253 g/mol. The largest absolute Gasteiger partial charge is 0.366 e. The van der Waals surface area contributed by atoms with Crippen LogP contribution in [0.15, 0.2) is 18.5 Å². The molecule has 0 saturated carbocycles. The summed E-state index contributed by atoms with van der Waals surface area (Å²) >= 11 is 6.21. The second-order valence-electron chi connectivity index (χ2n) is 4.71. The van der Waals surface area contributed by atoms with Crippen LogP contribution in [0, 0.1) is 5.92 Å². The molecule has 1 aromatic rings. The van der Waals surface area contributed by atoms with Gasteiger partial charge in [0, 0.05) is 31.5 Å². The Bertz CT molecular complexity index is 369. The number of hydrogen-bond donors (Lipinski definition) is 1. The number of rotatable bonds is 3. The number of aromatic nitrogens is 1. The van der Waals surface area contributed by atoms with Gasteiger partial charge in [0.1, 0.15) is 0 Å². The van der Waals surface area contributed by atoms with Crippen LogP contribution >= 0.6 is 11.6 Å². The van der Waals surface area contributed by atoms with Crippen molar-refractivity contribution < 1.29 is 0 Å². The lowest BCUT2D eigenvalue weighted by Gasteiger charge is -2.40. The van der Waals surface area contributed by atoms with Gasteiger partial charge in [0.15, 0.2) is 0 Å². The Hall–Kier alpha value is -0.800. The van der Waals surface area contributed by atoms with E-state index in [1.807, 2.05) is 6.07 Å². The molecule has 0 amide bonds. The van der Waals surface area contributed by atoms with Gasteiger partial charge in [0.25, 0.3) is 0 Å². The zero-order valence-electron chi connectivity index (χ0n) is 10.3. The maximum absolute atomic E-state index is 6.21. The summed E-state index contributed by atoms with van der Waals surface area (Å²) in [5.41, 5.74) is 6.97. The van der Waals surface area contributed by atoms with Crippen molar-refractivity contribution in [3.05, 3.63) is 23.5 Å². The van der Waals surface area contributed by atoms with Gasteiger partial charge in [0.2, 0.25) is 0 Å². The van der Waals surface area contributed by atoms with Crippen LogP contribution in [0.2, 0.25) is 5.02 Å². The van der Waals surface area contributed by atoms with Gasteiger partial charge in [-0.2, -0.15) is 0 Å². The molecule has 1 saturated heterocycles. The molecule has 2 heterocycles. The highest BCUT2D eigenvalue weighted by Crippen LogP contribution is 2.32. The standard InChI is InChI=1S/C13H20ClN3/c1-2-10-4-6-17(11(7-10)8-15)13-3-5-16-9-12(13)14/h3,5,9-11H,2,4,6-8,15H2,1H3. The first kappa shape index (κ1) is 12.7. The van der Waals surface area contributed by atoms with E-state index in [0.717, 1.165) is 23.2 Å². The second-order valence-corrected chi connectivity index (χ2v) is 5.12. The number of halogens is 1. The van der Waals surface area contributed by atoms with E-state index in [1.165, 1.54) is 19.3 Å². The quantitative estimate of drug-likeness (QED) is 0.901. The third-order valence-corrected chi connectivity index (χ3v) is 4.03. The number of anilines is 1. The topological polar surface area (TPSA) is 42.2 Å². The summed E-state index contributed by atoms with van der Waals surface area (Å²) < 4.78 is 0. The van der Waals surface area contributed by atoms with Gasteiger partial charge in [-0.05, 0) is 24.8 Å². The Morgan fingerprint density at radius 1 is 1.59 bits per heavy atom. The van der Waals surface area contributed by atoms with E-state index in [2.05, 4.69) is 16.8 Å². The second kappa shape index (κ2) is 5.69. The van der Waals surface area contributed by atoms with Crippen LogP contribution < -0.4 is 10.6 Å². The molecular formula is C13H20ClN3. The third kappa shape index (κ3) is 2.72. The summed E-state index contributed by atoms with van der Waals surface area (Å²) in [5, 5.41) is 0.723. The van der Waals surface area contributed by atoms with Gasteiger partial charge in [-0.3, -0.25) is 4.98 Å². The average molecular weight is 254 g/mol. The Labute approximate surface area is 108 Å². The summed E-state index contributed by atoms with van der Waals surface area (Å²) in [6, 6.07) is 2.39. The van der Waals surface area contributed by atoms with Gasteiger partial charge in [-0.25, -0.2) is 0 Å². The van der Waals surface area contributed by atoms with Gasteiger partial charge < -0.3 is 10.6 Å². The van der Waals surface area contributed by atoms with Crippen LogP contribution in [0.1, 0.15) is 26.2 Å². The molecule has 1 aliphatic rings. The molecule has 2 N–H and O–H groups in total. The minimum Gasteiger partial charge on any atom is -0.366 e. The fourth-order valence-corrected chi connectivity index (χ4v) is 2.87. The lowest BCUT2D eigenvalue weighted by Crippen LogP contribution is -2.46. The molecule has 1 aromatic heterocycles. The molecule has 17 heavy (non-hydrogen) atoms. The van der Waals surface area contributed by atoms with Gasteiger partial charge in [-0.15, -0.1) is 0 Å². The first-order chi connectivity index (χ1) is 8.26. The van der Waals surface area contributed by atoms with E-state index in [4.69, 9.17) is 17.3 Å². The van der Waals surface area contributed by atoms with Crippen LogP contribution in [0.25, 0.3) is 0 Å². The minimum atomic E-state index is 0.411. The van der Waals surface area contributed by atoms with Crippen LogP contribution in [0.3, 0.4) is 0 Å². The van der Waals surface area contributed by atoms with E-state index < -0.39 is 0 Å². The number of nitrogens with zero attached hydrogens (tertiary/aromatic N) is 2. The van der Waals surface area contributed by atoms with Crippen molar-refractivity contribution in [2.75, 3.05) is 18.0 Å². The van der Waals surface area contributed by atoms with E-state index >= 15 is 0 Å². The highest BCUT2D eigenvalue weighted by Gasteiger charge is 2.27. The Kier molecular flexibility index (Phi) is 4.24. The number of pyridine rings is 1. The lowest BCUT2D eigenvalue weighted by molar-refractivity contribution is 0.336. The fourth-order valence-electron chi connectivity index (χ4n) is 2.65. The molecule has 0 aliphatic carbocycles. The predicted octanol–water partition coefficient (Wildman–Crippen LogP) is 2.69. The van der Waals surface area contributed by atoms with Crippen molar-refractivity contribution in [1.82, 2.24) is 4.98 Å². The van der Waals surface area contributed by atoms with Crippen molar-refractivity contribution in [3.8, 4) is 0 Å². The van der Waals surface area contributed by atoms with Crippen molar-refractivity contribution in [2.24, 2.45) is 11.7 Å². The number of piperidine rings is 1. The molecule has 2 atom stereocenters. The van der Waals surface area contributed by atoms with Crippen LogP contribution in [0.5, 0.6) is 0 Å². The fraction of sp³-hybridized carbons (Fsp3) is 0.615. The van der Waals surface area contributed by atoms with E-state index in [9.17, 15) is 0 Å². The summed E-state index contributed by atoms with van der Waals surface area (Å²) in [4.78, 5) is 6.38. The SMILES string of the molecule is CCC1CCN(c2ccncc2Cl)C(CN)C1. The van der Waals surface area contributed by atoms with Crippen molar-refractivity contribution in [3.63, 3.8) is 0 Å². The minimum absolute atomic E-state index is 0.411. The summed E-state index contributed by atoms with van der Waals surface area (Å²) in [6.45, 7) is 3.99. The molecule has 0 spiro atoms. The van der Waals surface area contributed by atoms with Crippen LogP contribution in [-0.4, -0.2) is 24.1 Å². The molecule has 2 rings (SSSR count). The summed E-state index contributed by atoms with van der Waals surface area (Å²) in [7, 11) is 0. The van der Waals surface area contributed by atoms with E-state index in [-0.39, 0.29) is 0 Å². The maximum Gasteiger partial charge on any atom is 0.0822 e. The normalized spacial score (nSPS) is 25.0. The first-order valence-corrected chi connectivity index (χ1v) is 6.70. The molecule has 3 nitrogen and oxygen atoms in total. The first-order valence-electron chi connectivity index (χ1n) is 6.32. The number of hydrogen-bond acceptors (Lipinski definition) is 3. The highest BCUT2D eigenvalue weighted by molar-refractivity contribution is 6.33. The van der Waals surface area contributed by atoms with Crippen molar-refractivity contribution in [1.29, 1.82) is 0 Å². The molecule has 0 aromatic carbocycles. The third-order valence-electron chi connectivity index (χ3n) is 3.73. The van der Waals surface area contributed by atoms with Crippen LogP contribution in [-0.2, 0) is 0 Å². The number of nitrogens with two attached hydrogens (primary N) is 1. The smallest absolute Gasteiger partial charge is 0.0822 e. The zero-order valence-corrected chi connectivity index (χ0v) is 11.0. The maximum atomic E-state index is 6.21. The summed E-state index contributed by atoms with van der Waals surface area (Å²) in [5.74, 6) is 0.806. The Morgan fingerprint density at radius 2 is 2.41 bits per heavy atom. The molecule has 4 heteroatoms. The average Bonchev–Trinajstić information content (AvgIpc) is 2.38. The molecule has 1 fully saturated rings. The Morgan fingerprint density at radius 3 is 3.06 bits per heavy atom. The predicted molar refractivity (Wildman–Crippen MR) is 72.5 cm³/mol. The molecule has 0 bridgehead atoms. The molecular weight excluding hydrogens is 234 g/mol. The van der Waals surface area contributed by atoms with Gasteiger partial charge in [-0.1, -0.05) is 24.9 Å². The summed E-state index contributed by atoms with van der Waals surface area (Å²) in [6.07, 6.45) is 7.14. The van der Waals surface area contributed by atoms with E-state index in [1.54, 1.807) is 12.4 Å². The van der Waals surface area contributed by atoms with E-state index in [0.29, 0.717) is 12.6 Å². The molecule has 94 valence electrons. The molecule has 0 radical (unpaired) electrons. The highest BCUT2D eigenvalue weighted by atomic mass is 35.5. The molecule has 2 unspecified atom stereocenters. The van der Waals surface area contributed by atoms with Crippen molar-refractivity contribution in [2.45, 2.75) is 32.2 Å². The van der Waals surface area contributed by atoms with Crippen molar-refractivity contribution >= 4 is 17.3 Å². The molecule has 1 aliphatic heterocycles.